The summed E-state index contributed by atoms with van der Waals surface area (Å²) in [6, 6.07) is 0.0975. The van der Waals surface area contributed by atoms with Gasteiger partial charge in [-0.3, -0.25) is 9.59 Å². The van der Waals surface area contributed by atoms with Crippen molar-refractivity contribution in [3.05, 3.63) is 0 Å². The zero-order chi connectivity index (χ0) is 15.8. The van der Waals surface area contributed by atoms with Gasteiger partial charge in [0.1, 0.15) is 0 Å². The highest BCUT2D eigenvalue weighted by molar-refractivity contribution is 5.80. The molecule has 5 nitrogen and oxygen atoms in total. The Bertz CT molecular complexity index is 367. The van der Waals surface area contributed by atoms with Crippen LogP contribution < -0.4 is 10.6 Å². The van der Waals surface area contributed by atoms with Gasteiger partial charge in [-0.15, -0.1) is 0 Å². The van der Waals surface area contributed by atoms with Crippen LogP contribution in [-0.4, -0.2) is 36.1 Å². The van der Waals surface area contributed by atoms with Crippen LogP contribution in [-0.2, 0) is 9.59 Å². The zero-order valence-corrected chi connectivity index (χ0v) is 13.5. The second-order valence-corrected chi connectivity index (χ2v) is 6.78. The van der Waals surface area contributed by atoms with E-state index in [1.165, 1.54) is 6.42 Å². The van der Waals surface area contributed by atoms with Gasteiger partial charge in [-0.2, -0.15) is 0 Å². The van der Waals surface area contributed by atoms with Gasteiger partial charge >= 0.3 is 0 Å². The standard InChI is InChI=1S/C17H30N2O3/c20-12-14-8-4-5-9-15(14)19-16(21)10-11-18-17(22)13-6-2-1-3-7-13/h13-15,20H,1-12H2,(H,18,22)(H,19,21). The van der Waals surface area contributed by atoms with Gasteiger partial charge in [-0.1, -0.05) is 32.1 Å². The van der Waals surface area contributed by atoms with Gasteiger partial charge < -0.3 is 15.7 Å². The Balaban J connectivity index is 1.63. The first-order valence-electron chi connectivity index (χ1n) is 8.88. The molecule has 2 atom stereocenters. The number of carbonyl (C=O) groups excluding carboxylic acids is 2. The third-order valence-corrected chi connectivity index (χ3v) is 5.12. The number of carbonyl (C=O) groups is 2. The molecule has 5 heteroatoms. The van der Waals surface area contributed by atoms with E-state index in [1.54, 1.807) is 0 Å². The second-order valence-electron chi connectivity index (χ2n) is 6.78. The van der Waals surface area contributed by atoms with Crippen LogP contribution in [0.25, 0.3) is 0 Å². The number of aliphatic hydroxyl groups is 1. The Morgan fingerprint density at radius 3 is 2.36 bits per heavy atom. The SMILES string of the molecule is O=C(CCNC(=O)C1CCCCC1)NC1CCCCC1CO. The molecule has 2 unspecified atom stereocenters. The monoisotopic (exact) mass is 310 g/mol. The Hall–Kier alpha value is -1.10. The van der Waals surface area contributed by atoms with E-state index in [0.717, 1.165) is 51.4 Å². The summed E-state index contributed by atoms with van der Waals surface area (Å²) >= 11 is 0. The van der Waals surface area contributed by atoms with Crippen LogP contribution in [0.3, 0.4) is 0 Å². The van der Waals surface area contributed by atoms with Crippen LogP contribution in [0.15, 0.2) is 0 Å². The minimum Gasteiger partial charge on any atom is -0.396 e. The average Bonchev–Trinajstić information content (AvgIpc) is 2.56. The van der Waals surface area contributed by atoms with Crippen molar-refractivity contribution in [1.29, 1.82) is 0 Å². The largest absolute Gasteiger partial charge is 0.396 e. The summed E-state index contributed by atoms with van der Waals surface area (Å²) < 4.78 is 0. The van der Waals surface area contributed by atoms with Gasteiger partial charge in [0, 0.05) is 37.5 Å². The number of amides is 2. The molecular formula is C17H30N2O3. The molecule has 0 radical (unpaired) electrons. The first-order chi connectivity index (χ1) is 10.7. The van der Waals surface area contributed by atoms with Crippen molar-refractivity contribution >= 4 is 11.8 Å². The lowest BCUT2D eigenvalue weighted by Gasteiger charge is -2.30. The maximum Gasteiger partial charge on any atom is 0.223 e. The van der Waals surface area contributed by atoms with Gasteiger partial charge in [-0.05, 0) is 25.7 Å². The second kappa shape index (κ2) is 9.13. The Kier molecular flexibility index (Phi) is 7.16. The molecule has 0 saturated heterocycles. The van der Waals surface area contributed by atoms with Crippen molar-refractivity contribution in [2.75, 3.05) is 13.2 Å². The molecule has 0 aromatic rings. The van der Waals surface area contributed by atoms with E-state index in [2.05, 4.69) is 10.6 Å². The first-order valence-corrected chi connectivity index (χ1v) is 8.88. The van der Waals surface area contributed by atoms with E-state index >= 15 is 0 Å². The van der Waals surface area contributed by atoms with Crippen molar-refractivity contribution in [2.24, 2.45) is 11.8 Å². The van der Waals surface area contributed by atoms with Gasteiger partial charge in [0.05, 0.1) is 0 Å². The maximum absolute atomic E-state index is 12.0. The lowest BCUT2D eigenvalue weighted by atomic mass is 9.85. The molecule has 126 valence electrons. The molecule has 0 spiro atoms. The highest BCUT2D eigenvalue weighted by Crippen LogP contribution is 2.24. The lowest BCUT2D eigenvalue weighted by molar-refractivity contribution is -0.126. The molecule has 0 aliphatic heterocycles. The van der Waals surface area contributed by atoms with E-state index in [9.17, 15) is 14.7 Å². The summed E-state index contributed by atoms with van der Waals surface area (Å²) in [5.74, 6) is 0.427. The Labute approximate surface area is 133 Å². The molecular weight excluding hydrogens is 280 g/mol. The van der Waals surface area contributed by atoms with Gasteiger partial charge in [0.15, 0.2) is 0 Å². The number of hydrogen-bond acceptors (Lipinski definition) is 3. The molecule has 2 amide bonds. The smallest absolute Gasteiger partial charge is 0.223 e. The third-order valence-electron chi connectivity index (χ3n) is 5.12. The van der Waals surface area contributed by atoms with Crippen LogP contribution >= 0.6 is 0 Å². The molecule has 2 saturated carbocycles. The molecule has 2 aliphatic rings. The molecule has 3 N–H and O–H groups in total. The normalized spacial score (nSPS) is 26.4. The molecule has 2 rings (SSSR count). The Morgan fingerprint density at radius 2 is 1.64 bits per heavy atom. The van der Waals surface area contributed by atoms with Crippen molar-refractivity contribution in [1.82, 2.24) is 10.6 Å². The van der Waals surface area contributed by atoms with Gasteiger partial charge in [0.2, 0.25) is 11.8 Å². The summed E-state index contributed by atoms with van der Waals surface area (Å²) in [7, 11) is 0. The van der Waals surface area contributed by atoms with Crippen molar-refractivity contribution in [3.8, 4) is 0 Å². The minimum atomic E-state index is -0.0192. The molecule has 0 aromatic heterocycles. The van der Waals surface area contributed by atoms with Crippen LogP contribution in [0, 0.1) is 11.8 Å². The fraction of sp³-hybridized carbons (Fsp3) is 0.882. The van der Waals surface area contributed by atoms with Crippen LogP contribution in [0.2, 0.25) is 0 Å². The minimum absolute atomic E-state index is 0.0192. The van der Waals surface area contributed by atoms with E-state index < -0.39 is 0 Å². The van der Waals surface area contributed by atoms with E-state index in [0.29, 0.717) is 13.0 Å². The molecule has 0 aromatic carbocycles. The first kappa shape index (κ1) is 17.3. The topological polar surface area (TPSA) is 78.4 Å². The van der Waals surface area contributed by atoms with Gasteiger partial charge in [0.25, 0.3) is 0 Å². The average molecular weight is 310 g/mol. The fourth-order valence-electron chi connectivity index (χ4n) is 3.70. The van der Waals surface area contributed by atoms with Gasteiger partial charge in [-0.25, -0.2) is 0 Å². The lowest BCUT2D eigenvalue weighted by Crippen LogP contribution is -2.44. The summed E-state index contributed by atoms with van der Waals surface area (Å²) in [5.41, 5.74) is 0. The third kappa shape index (κ3) is 5.27. The van der Waals surface area contributed by atoms with Crippen LogP contribution in [0.4, 0.5) is 0 Å². The summed E-state index contributed by atoms with van der Waals surface area (Å²) in [6.45, 7) is 0.557. The maximum atomic E-state index is 12.0. The number of hydrogen-bond donors (Lipinski definition) is 3. The molecule has 0 heterocycles. The van der Waals surface area contributed by atoms with Crippen molar-refractivity contribution in [2.45, 2.75) is 70.3 Å². The van der Waals surface area contributed by atoms with E-state index in [-0.39, 0.29) is 36.3 Å². The molecule has 2 aliphatic carbocycles. The number of aliphatic hydroxyl groups excluding tert-OH is 1. The van der Waals surface area contributed by atoms with Crippen LogP contribution in [0.5, 0.6) is 0 Å². The van der Waals surface area contributed by atoms with E-state index in [1.807, 2.05) is 0 Å². The quantitative estimate of drug-likeness (QED) is 0.699. The number of nitrogens with one attached hydrogen (secondary N) is 2. The molecule has 0 bridgehead atoms. The number of rotatable bonds is 6. The summed E-state index contributed by atoms with van der Waals surface area (Å²) in [6.07, 6.45) is 10.00. The fourth-order valence-corrected chi connectivity index (χ4v) is 3.70. The molecule has 22 heavy (non-hydrogen) atoms. The highest BCUT2D eigenvalue weighted by atomic mass is 16.3. The highest BCUT2D eigenvalue weighted by Gasteiger charge is 2.26. The summed E-state index contributed by atoms with van der Waals surface area (Å²) in [5, 5.41) is 15.3. The zero-order valence-electron chi connectivity index (χ0n) is 13.5. The summed E-state index contributed by atoms with van der Waals surface area (Å²) in [4.78, 5) is 24.0. The van der Waals surface area contributed by atoms with Crippen molar-refractivity contribution < 1.29 is 14.7 Å². The molecule has 2 fully saturated rings. The van der Waals surface area contributed by atoms with Crippen LogP contribution in [0.1, 0.15) is 64.2 Å². The predicted octanol–water partition coefficient (Wildman–Crippen LogP) is 1.74. The van der Waals surface area contributed by atoms with Crippen molar-refractivity contribution in [3.63, 3.8) is 0 Å². The van der Waals surface area contributed by atoms with E-state index in [4.69, 9.17) is 0 Å². The predicted molar refractivity (Wildman–Crippen MR) is 85.2 cm³/mol. The Morgan fingerprint density at radius 1 is 0.955 bits per heavy atom.